The summed E-state index contributed by atoms with van der Waals surface area (Å²) in [5.41, 5.74) is 0.927. The molecule has 0 atom stereocenters. The van der Waals surface area contributed by atoms with Crippen molar-refractivity contribution in [2.45, 2.75) is 45.1 Å². The van der Waals surface area contributed by atoms with Gasteiger partial charge < -0.3 is 14.0 Å². The molecule has 1 fully saturated rings. The van der Waals surface area contributed by atoms with E-state index in [9.17, 15) is 4.79 Å². The van der Waals surface area contributed by atoms with Crippen molar-refractivity contribution in [1.29, 1.82) is 0 Å². The topological polar surface area (TPSA) is 52.8 Å². The second kappa shape index (κ2) is 6.93. The van der Waals surface area contributed by atoms with E-state index in [4.69, 9.17) is 15.9 Å². The van der Waals surface area contributed by atoms with E-state index in [1.54, 1.807) is 0 Å². The number of nitrogens with zero attached hydrogens (tertiary/aromatic N) is 2. The van der Waals surface area contributed by atoms with Crippen LogP contribution >= 0.6 is 11.3 Å². The molecule has 1 aromatic heterocycles. The zero-order valence-electron chi connectivity index (χ0n) is 14.0. The molecule has 2 heterocycles. The van der Waals surface area contributed by atoms with Gasteiger partial charge in [0, 0.05) is 18.6 Å². The lowest BCUT2D eigenvalue weighted by atomic mass is 9.87. The summed E-state index contributed by atoms with van der Waals surface area (Å²) in [6, 6.07) is 3.84. The molecule has 1 aromatic carbocycles. The lowest BCUT2D eigenvalue weighted by Gasteiger charge is -2.19. The van der Waals surface area contributed by atoms with E-state index in [2.05, 4.69) is 10.9 Å². The van der Waals surface area contributed by atoms with Crippen molar-refractivity contribution in [2.24, 2.45) is 10.9 Å². The number of ether oxygens (including phenoxy) is 2. The Hall–Kier alpha value is -2.26. The van der Waals surface area contributed by atoms with Crippen LogP contribution in [-0.2, 0) is 11.3 Å². The fourth-order valence-corrected chi connectivity index (χ4v) is 4.64. The van der Waals surface area contributed by atoms with Crippen LogP contribution < -0.4 is 14.3 Å². The largest absolute Gasteiger partial charge is 0.454 e. The van der Waals surface area contributed by atoms with Crippen LogP contribution in [0.15, 0.2) is 17.1 Å². The molecule has 0 radical (unpaired) electrons. The van der Waals surface area contributed by atoms with Crippen LogP contribution in [0.3, 0.4) is 0 Å². The van der Waals surface area contributed by atoms with Crippen molar-refractivity contribution in [2.75, 3.05) is 6.79 Å². The minimum atomic E-state index is -0.0516. The van der Waals surface area contributed by atoms with E-state index in [1.165, 1.54) is 30.6 Å². The fourth-order valence-electron chi connectivity index (χ4n) is 3.58. The molecular weight excluding hydrogens is 336 g/mol. The average Bonchev–Trinajstić information content (AvgIpc) is 3.18. The Morgan fingerprint density at radius 2 is 2.04 bits per heavy atom. The average molecular weight is 356 g/mol. The first-order chi connectivity index (χ1) is 12.2. The van der Waals surface area contributed by atoms with E-state index < -0.39 is 0 Å². The number of aromatic nitrogens is 1. The molecule has 1 aliphatic carbocycles. The van der Waals surface area contributed by atoms with Gasteiger partial charge in [-0.3, -0.25) is 4.79 Å². The van der Waals surface area contributed by atoms with Crippen LogP contribution in [0.5, 0.6) is 11.5 Å². The van der Waals surface area contributed by atoms with E-state index in [0.29, 0.717) is 29.4 Å². The van der Waals surface area contributed by atoms with E-state index in [0.717, 1.165) is 28.8 Å². The molecule has 0 spiro atoms. The molecular formula is C19H20N2O3S. The maximum atomic E-state index is 12.4. The first kappa shape index (κ1) is 16.2. The van der Waals surface area contributed by atoms with Gasteiger partial charge in [-0.25, -0.2) is 0 Å². The van der Waals surface area contributed by atoms with Crippen LogP contribution in [0.2, 0.25) is 0 Å². The van der Waals surface area contributed by atoms with E-state index in [1.807, 2.05) is 16.7 Å². The van der Waals surface area contributed by atoms with Gasteiger partial charge in [0.05, 0.1) is 16.8 Å². The molecule has 4 rings (SSSR count). The summed E-state index contributed by atoms with van der Waals surface area (Å²) in [5, 5.41) is 0. The number of rotatable bonds is 3. The number of thiazole rings is 1. The Morgan fingerprint density at radius 1 is 1.28 bits per heavy atom. The van der Waals surface area contributed by atoms with Crippen molar-refractivity contribution < 1.29 is 14.3 Å². The highest BCUT2D eigenvalue weighted by molar-refractivity contribution is 7.16. The number of carbonyl (C=O) groups is 1. The molecule has 5 nitrogen and oxygen atoms in total. The third-order valence-corrected chi connectivity index (χ3v) is 5.88. The molecule has 6 heteroatoms. The number of carbonyl (C=O) groups excluding carboxylic acids is 1. The predicted octanol–water partition coefficient (Wildman–Crippen LogP) is 3.46. The standard InChI is InChI=1S/C19H20N2O3S/c1-2-8-21-14-10-15-16(24-12-23-15)11-17(14)25-19(21)20-18(22)9-13-6-4-3-5-7-13/h1,10-11,13H,3-9,12H2. The monoisotopic (exact) mass is 356 g/mol. The third kappa shape index (κ3) is 3.29. The molecule has 130 valence electrons. The van der Waals surface area contributed by atoms with Crippen molar-refractivity contribution in [3.63, 3.8) is 0 Å². The minimum absolute atomic E-state index is 0.0516. The minimum Gasteiger partial charge on any atom is -0.454 e. The zero-order chi connectivity index (χ0) is 17.2. The maximum Gasteiger partial charge on any atom is 0.248 e. The number of hydrogen-bond donors (Lipinski definition) is 0. The Labute approximate surface area is 150 Å². The lowest BCUT2D eigenvalue weighted by Crippen LogP contribution is -2.18. The van der Waals surface area contributed by atoms with Gasteiger partial charge in [0.2, 0.25) is 12.7 Å². The summed E-state index contributed by atoms with van der Waals surface area (Å²) in [6.07, 6.45) is 12.1. The summed E-state index contributed by atoms with van der Waals surface area (Å²) in [4.78, 5) is 17.5. The molecule has 0 unspecified atom stereocenters. The van der Waals surface area contributed by atoms with Gasteiger partial charge in [0.15, 0.2) is 16.3 Å². The van der Waals surface area contributed by atoms with E-state index >= 15 is 0 Å². The number of benzene rings is 1. The first-order valence-corrected chi connectivity index (χ1v) is 9.50. The van der Waals surface area contributed by atoms with Gasteiger partial charge in [-0.15, -0.1) is 6.42 Å². The number of terminal acetylenes is 1. The van der Waals surface area contributed by atoms with Gasteiger partial charge in [-0.1, -0.05) is 36.5 Å². The van der Waals surface area contributed by atoms with Crippen molar-refractivity contribution in [1.82, 2.24) is 4.57 Å². The van der Waals surface area contributed by atoms with Crippen molar-refractivity contribution in [3.05, 3.63) is 16.9 Å². The van der Waals surface area contributed by atoms with Crippen LogP contribution in [0, 0.1) is 18.3 Å². The van der Waals surface area contributed by atoms with Crippen LogP contribution in [-0.4, -0.2) is 17.3 Å². The summed E-state index contributed by atoms with van der Waals surface area (Å²) in [6.45, 7) is 0.605. The molecule has 2 aliphatic rings. The molecule has 2 aromatic rings. The second-order valence-corrected chi connectivity index (χ2v) is 7.57. The lowest BCUT2D eigenvalue weighted by molar-refractivity contribution is -0.119. The molecule has 25 heavy (non-hydrogen) atoms. The summed E-state index contributed by atoms with van der Waals surface area (Å²) >= 11 is 1.46. The molecule has 0 bridgehead atoms. The van der Waals surface area contributed by atoms with Gasteiger partial charge in [0.1, 0.15) is 0 Å². The third-order valence-electron chi connectivity index (χ3n) is 4.83. The molecule has 0 saturated heterocycles. The smallest absolute Gasteiger partial charge is 0.248 e. The molecule has 1 amide bonds. The van der Waals surface area contributed by atoms with Gasteiger partial charge >= 0.3 is 0 Å². The quantitative estimate of drug-likeness (QED) is 0.792. The van der Waals surface area contributed by atoms with Crippen LogP contribution in [0.4, 0.5) is 0 Å². The Balaban J connectivity index is 1.69. The second-order valence-electron chi connectivity index (χ2n) is 6.56. The Kier molecular flexibility index (Phi) is 4.50. The predicted molar refractivity (Wildman–Crippen MR) is 96.5 cm³/mol. The normalized spacial score (nSPS) is 17.8. The highest BCUT2D eigenvalue weighted by Gasteiger charge is 2.19. The first-order valence-electron chi connectivity index (χ1n) is 8.68. The van der Waals surface area contributed by atoms with Crippen molar-refractivity contribution >= 4 is 27.5 Å². The Morgan fingerprint density at radius 3 is 2.80 bits per heavy atom. The molecule has 1 aliphatic heterocycles. The Bertz CT molecular complexity index is 913. The van der Waals surface area contributed by atoms with E-state index in [-0.39, 0.29) is 12.7 Å². The van der Waals surface area contributed by atoms with Crippen LogP contribution in [0.25, 0.3) is 10.2 Å². The maximum absolute atomic E-state index is 12.4. The van der Waals surface area contributed by atoms with Gasteiger partial charge in [-0.05, 0) is 18.8 Å². The molecule has 1 saturated carbocycles. The number of fused-ring (bicyclic) bond motifs is 2. The highest BCUT2D eigenvalue weighted by Crippen LogP contribution is 2.37. The van der Waals surface area contributed by atoms with Gasteiger partial charge in [-0.2, -0.15) is 4.99 Å². The number of hydrogen-bond acceptors (Lipinski definition) is 4. The fraction of sp³-hybridized carbons (Fsp3) is 0.474. The summed E-state index contributed by atoms with van der Waals surface area (Å²) in [5.74, 6) is 4.51. The number of amides is 1. The summed E-state index contributed by atoms with van der Waals surface area (Å²) in [7, 11) is 0. The van der Waals surface area contributed by atoms with Crippen LogP contribution in [0.1, 0.15) is 38.5 Å². The highest BCUT2D eigenvalue weighted by atomic mass is 32.1. The zero-order valence-corrected chi connectivity index (χ0v) is 14.8. The SMILES string of the molecule is C#CCn1c(=NC(=O)CC2CCCCC2)sc2cc3c(cc21)OCO3. The van der Waals surface area contributed by atoms with Crippen molar-refractivity contribution in [3.8, 4) is 23.8 Å². The summed E-state index contributed by atoms with van der Waals surface area (Å²) < 4.78 is 13.8. The van der Waals surface area contributed by atoms with Gasteiger partial charge in [0.25, 0.3) is 0 Å². The molecule has 0 N–H and O–H groups in total.